The Kier molecular flexibility index (Phi) is 4.55. The highest BCUT2D eigenvalue weighted by atomic mass is 32.1. The Morgan fingerprint density at radius 3 is 2.86 bits per heavy atom. The summed E-state index contributed by atoms with van der Waals surface area (Å²) >= 11 is 1.81. The Morgan fingerprint density at radius 2 is 2.10 bits per heavy atom. The lowest BCUT2D eigenvalue weighted by atomic mass is 10.0. The highest BCUT2D eigenvalue weighted by Gasteiger charge is 2.18. The molecule has 3 nitrogen and oxygen atoms in total. The van der Waals surface area contributed by atoms with Crippen LogP contribution in [0.3, 0.4) is 0 Å². The minimum Gasteiger partial charge on any atom is -0.356 e. The molecule has 2 heterocycles. The highest BCUT2D eigenvalue weighted by Crippen LogP contribution is 2.18. The van der Waals surface area contributed by atoms with Crippen LogP contribution in [0.1, 0.15) is 16.0 Å². The number of nitrogens with one attached hydrogen (secondary N) is 1. The summed E-state index contributed by atoms with van der Waals surface area (Å²) in [4.78, 5) is 8.20. The van der Waals surface area contributed by atoms with Crippen LogP contribution in [-0.2, 0) is 19.4 Å². The smallest absolute Gasteiger partial charge is 0.193 e. The lowest BCUT2D eigenvalue weighted by Crippen LogP contribution is -2.44. The fraction of sp³-hybridized carbons (Fsp3) is 0.353. The number of thiophene rings is 1. The van der Waals surface area contributed by atoms with E-state index in [1.54, 1.807) is 0 Å². The molecule has 0 bridgehead atoms. The zero-order valence-electron chi connectivity index (χ0n) is 12.4. The summed E-state index contributed by atoms with van der Waals surface area (Å²) in [5.74, 6) is 1.01. The summed E-state index contributed by atoms with van der Waals surface area (Å²) in [6, 6.07) is 13.0. The average molecular weight is 299 g/mol. The van der Waals surface area contributed by atoms with Crippen LogP contribution < -0.4 is 5.32 Å². The van der Waals surface area contributed by atoms with Crippen LogP contribution in [0.4, 0.5) is 0 Å². The van der Waals surface area contributed by atoms with Gasteiger partial charge in [-0.3, -0.25) is 4.99 Å². The van der Waals surface area contributed by atoms with Crippen LogP contribution >= 0.6 is 11.3 Å². The molecule has 21 heavy (non-hydrogen) atoms. The minimum absolute atomic E-state index is 0.936. The van der Waals surface area contributed by atoms with Crippen LogP contribution in [0.2, 0.25) is 0 Å². The maximum Gasteiger partial charge on any atom is 0.193 e. The molecule has 0 saturated heterocycles. The molecule has 110 valence electrons. The van der Waals surface area contributed by atoms with Crippen molar-refractivity contribution in [3.8, 4) is 0 Å². The van der Waals surface area contributed by atoms with Crippen molar-refractivity contribution >= 4 is 17.3 Å². The van der Waals surface area contributed by atoms with E-state index >= 15 is 0 Å². The third-order valence-corrected chi connectivity index (χ3v) is 4.81. The van der Waals surface area contributed by atoms with Gasteiger partial charge in [0.25, 0.3) is 0 Å². The third kappa shape index (κ3) is 3.45. The summed E-state index contributed by atoms with van der Waals surface area (Å²) in [5.41, 5.74) is 2.90. The van der Waals surface area contributed by atoms with Crippen LogP contribution in [0.25, 0.3) is 0 Å². The summed E-state index contributed by atoms with van der Waals surface area (Å²) in [5, 5.41) is 5.62. The molecule has 0 radical (unpaired) electrons. The van der Waals surface area contributed by atoms with Crippen LogP contribution in [0, 0.1) is 0 Å². The van der Waals surface area contributed by atoms with E-state index in [1.807, 2.05) is 18.4 Å². The summed E-state index contributed by atoms with van der Waals surface area (Å²) in [6.07, 6.45) is 2.16. The van der Waals surface area contributed by atoms with E-state index in [0.717, 1.165) is 38.4 Å². The number of hydrogen-bond donors (Lipinski definition) is 1. The molecule has 0 spiro atoms. The quantitative estimate of drug-likeness (QED) is 0.697. The lowest BCUT2D eigenvalue weighted by molar-refractivity contribution is 0.379. The normalized spacial score (nSPS) is 14.9. The first kappa shape index (κ1) is 14.1. The molecule has 0 saturated carbocycles. The number of rotatable bonds is 3. The Bertz CT molecular complexity index is 604. The second-order valence-electron chi connectivity index (χ2n) is 5.24. The summed E-state index contributed by atoms with van der Waals surface area (Å²) < 4.78 is 0. The molecule has 0 aliphatic carbocycles. The van der Waals surface area contributed by atoms with Gasteiger partial charge in [0.05, 0.1) is 0 Å². The number of aliphatic imine (C=N–C) groups is 1. The maximum atomic E-state index is 4.44. The van der Waals surface area contributed by atoms with Gasteiger partial charge in [-0.05, 0) is 35.4 Å². The zero-order chi connectivity index (χ0) is 14.5. The molecule has 0 atom stereocenters. The standard InChI is InChI=1S/C17H21N3S/c1-18-17(19-10-8-16-7-4-12-21-16)20-11-9-14-5-2-3-6-15(14)13-20/h2-7,12H,8-11,13H2,1H3,(H,18,19). The van der Waals surface area contributed by atoms with Crippen LogP contribution in [0.5, 0.6) is 0 Å². The molecule has 4 heteroatoms. The second-order valence-corrected chi connectivity index (χ2v) is 6.28. The minimum atomic E-state index is 0.936. The molecule has 0 unspecified atom stereocenters. The first-order valence-electron chi connectivity index (χ1n) is 7.41. The van der Waals surface area contributed by atoms with Crippen molar-refractivity contribution in [3.05, 3.63) is 57.8 Å². The molecule has 1 aromatic carbocycles. The summed E-state index contributed by atoms with van der Waals surface area (Å²) in [7, 11) is 1.87. The zero-order valence-corrected chi connectivity index (χ0v) is 13.2. The van der Waals surface area contributed by atoms with Gasteiger partial charge in [0.2, 0.25) is 0 Å². The van der Waals surface area contributed by atoms with E-state index in [1.165, 1.54) is 16.0 Å². The molecule has 3 rings (SSSR count). The van der Waals surface area contributed by atoms with E-state index in [4.69, 9.17) is 0 Å². The summed E-state index contributed by atoms with van der Waals surface area (Å²) in [6.45, 7) is 2.93. The Hall–Kier alpha value is -1.81. The van der Waals surface area contributed by atoms with Crippen molar-refractivity contribution in [2.45, 2.75) is 19.4 Å². The van der Waals surface area contributed by atoms with E-state index in [-0.39, 0.29) is 0 Å². The fourth-order valence-electron chi connectivity index (χ4n) is 2.76. The first-order valence-corrected chi connectivity index (χ1v) is 8.29. The van der Waals surface area contributed by atoms with E-state index in [0.29, 0.717) is 0 Å². The molecule has 1 aliphatic rings. The Labute approximate surface area is 130 Å². The predicted molar refractivity (Wildman–Crippen MR) is 89.9 cm³/mol. The van der Waals surface area contributed by atoms with Gasteiger partial charge >= 0.3 is 0 Å². The van der Waals surface area contributed by atoms with Crippen LogP contribution in [0.15, 0.2) is 46.8 Å². The van der Waals surface area contributed by atoms with Crippen molar-refractivity contribution in [1.29, 1.82) is 0 Å². The number of benzene rings is 1. The lowest BCUT2D eigenvalue weighted by Gasteiger charge is -2.31. The number of hydrogen-bond acceptors (Lipinski definition) is 2. The van der Waals surface area contributed by atoms with E-state index < -0.39 is 0 Å². The topological polar surface area (TPSA) is 27.6 Å². The Morgan fingerprint density at radius 1 is 1.24 bits per heavy atom. The van der Waals surface area contributed by atoms with Gasteiger partial charge in [0.15, 0.2) is 5.96 Å². The largest absolute Gasteiger partial charge is 0.356 e. The van der Waals surface area contributed by atoms with Gasteiger partial charge in [-0.15, -0.1) is 11.3 Å². The molecule has 1 aromatic heterocycles. The number of nitrogens with zero attached hydrogens (tertiary/aromatic N) is 2. The highest BCUT2D eigenvalue weighted by molar-refractivity contribution is 7.09. The van der Waals surface area contributed by atoms with Gasteiger partial charge in [0.1, 0.15) is 0 Å². The van der Waals surface area contributed by atoms with Crippen molar-refractivity contribution in [3.63, 3.8) is 0 Å². The SMILES string of the molecule is CN=C(NCCc1cccs1)N1CCc2ccccc2C1. The molecular formula is C17H21N3S. The monoisotopic (exact) mass is 299 g/mol. The molecule has 1 N–H and O–H groups in total. The first-order chi connectivity index (χ1) is 10.4. The van der Waals surface area contributed by atoms with Crippen molar-refractivity contribution in [1.82, 2.24) is 10.2 Å². The molecule has 0 fully saturated rings. The van der Waals surface area contributed by atoms with E-state index in [2.05, 4.69) is 57.0 Å². The molecule has 1 aliphatic heterocycles. The fourth-order valence-corrected chi connectivity index (χ4v) is 3.47. The van der Waals surface area contributed by atoms with Crippen molar-refractivity contribution < 1.29 is 0 Å². The molecule has 2 aromatic rings. The van der Waals surface area contributed by atoms with E-state index in [9.17, 15) is 0 Å². The predicted octanol–water partition coefficient (Wildman–Crippen LogP) is 2.92. The molecular weight excluding hydrogens is 278 g/mol. The third-order valence-electron chi connectivity index (χ3n) is 3.88. The van der Waals surface area contributed by atoms with Crippen LogP contribution in [-0.4, -0.2) is 31.0 Å². The van der Waals surface area contributed by atoms with Gasteiger partial charge in [-0.2, -0.15) is 0 Å². The van der Waals surface area contributed by atoms with Crippen molar-refractivity contribution in [2.75, 3.05) is 20.1 Å². The maximum absolute atomic E-state index is 4.44. The molecule has 0 amide bonds. The Balaban J connectivity index is 1.57. The van der Waals surface area contributed by atoms with Gasteiger partial charge in [-0.1, -0.05) is 30.3 Å². The van der Waals surface area contributed by atoms with Crippen molar-refractivity contribution in [2.24, 2.45) is 4.99 Å². The van der Waals surface area contributed by atoms with Gasteiger partial charge in [0, 0.05) is 31.6 Å². The second kappa shape index (κ2) is 6.76. The number of fused-ring (bicyclic) bond motifs is 1. The average Bonchev–Trinajstić information content (AvgIpc) is 3.04. The van der Waals surface area contributed by atoms with Gasteiger partial charge in [-0.25, -0.2) is 0 Å². The van der Waals surface area contributed by atoms with Gasteiger partial charge < -0.3 is 10.2 Å². The number of guanidine groups is 1.